The summed E-state index contributed by atoms with van der Waals surface area (Å²) in [6.07, 6.45) is 5.85. The molecule has 84 valence electrons. The van der Waals surface area contributed by atoms with Crippen molar-refractivity contribution in [3.05, 3.63) is 30.0 Å². The van der Waals surface area contributed by atoms with E-state index < -0.39 is 0 Å². The molecule has 2 aromatic rings. The number of hydrogen-bond acceptors (Lipinski definition) is 3. The zero-order valence-electron chi connectivity index (χ0n) is 9.28. The van der Waals surface area contributed by atoms with Crippen molar-refractivity contribution in [2.45, 2.75) is 19.3 Å². The van der Waals surface area contributed by atoms with E-state index in [2.05, 4.69) is 27.9 Å². The lowest BCUT2D eigenvalue weighted by Gasteiger charge is -2.22. The second-order valence-corrected chi connectivity index (χ2v) is 5.43. The van der Waals surface area contributed by atoms with Gasteiger partial charge < -0.3 is 5.32 Å². The van der Waals surface area contributed by atoms with Crippen LogP contribution in [0.4, 0.5) is 0 Å². The Kier molecular flexibility index (Phi) is 2.89. The predicted molar refractivity (Wildman–Crippen MR) is 68.9 cm³/mol. The van der Waals surface area contributed by atoms with E-state index in [9.17, 15) is 0 Å². The fourth-order valence-corrected chi connectivity index (χ4v) is 3.09. The maximum Gasteiger partial charge on any atom is 0.0550 e. The molecule has 1 fully saturated rings. The summed E-state index contributed by atoms with van der Waals surface area (Å²) >= 11 is 1.58. The summed E-state index contributed by atoms with van der Waals surface area (Å²) in [4.78, 5) is 0. The van der Waals surface area contributed by atoms with Crippen LogP contribution in [0.2, 0.25) is 0 Å². The molecule has 2 nitrogen and oxygen atoms in total. The minimum atomic E-state index is 0.866. The molecule has 1 N–H and O–H groups in total. The second-order valence-electron chi connectivity index (χ2n) is 4.60. The van der Waals surface area contributed by atoms with Crippen molar-refractivity contribution in [1.82, 2.24) is 9.69 Å². The van der Waals surface area contributed by atoms with Crippen LogP contribution < -0.4 is 5.32 Å². The highest BCUT2D eigenvalue weighted by Crippen LogP contribution is 2.23. The third-order valence-electron chi connectivity index (χ3n) is 3.40. The molecule has 16 heavy (non-hydrogen) atoms. The summed E-state index contributed by atoms with van der Waals surface area (Å²) in [5.74, 6) is 0.866. The molecule has 0 bridgehead atoms. The van der Waals surface area contributed by atoms with Crippen LogP contribution in [-0.4, -0.2) is 17.5 Å². The van der Waals surface area contributed by atoms with Gasteiger partial charge in [0.05, 0.1) is 4.70 Å². The number of aromatic nitrogens is 1. The van der Waals surface area contributed by atoms with Gasteiger partial charge in [0, 0.05) is 11.6 Å². The third kappa shape index (κ3) is 2.11. The van der Waals surface area contributed by atoms with Crippen LogP contribution >= 0.6 is 11.5 Å². The van der Waals surface area contributed by atoms with Crippen LogP contribution in [0.5, 0.6) is 0 Å². The molecule has 0 amide bonds. The molecular formula is C13H16N2S. The Bertz CT molecular complexity index is 471. The minimum Gasteiger partial charge on any atom is -0.317 e. The number of benzene rings is 1. The lowest BCUT2D eigenvalue weighted by Crippen LogP contribution is -2.28. The zero-order chi connectivity index (χ0) is 10.8. The third-order valence-corrected chi connectivity index (χ3v) is 4.18. The lowest BCUT2D eigenvalue weighted by molar-refractivity contribution is 0.373. The van der Waals surface area contributed by atoms with Crippen LogP contribution in [-0.2, 0) is 6.42 Å². The van der Waals surface area contributed by atoms with Crippen molar-refractivity contribution < 1.29 is 0 Å². The van der Waals surface area contributed by atoms with Gasteiger partial charge in [-0.2, -0.15) is 4.37 Å². The van der Waals surface area contributed by atoms with Crippen LogP contribution in [0.25, 0.3) is 10.1 Å². The minimum absolute atomic E-state index is 0.866. The van der Waals surface area contributed by atoms with Gasteiger partial charge in [-0.1, -0.05) is 6.07 Å². The van der Waals surface area contributed by atoms with Crippen molar-refractivity contribution in [1.29, 1.82) is 0 Å². The maximum absolute atomic E-state index is 4.22. The summed E-state index contributed by atoms with van der Waals surface area (Å²) in [6, 6.07) is 6.78. The van der Waals surface area contributed by atoms with E-state index in [0.29, 0.717) is 0 Å². The fourth-order valence-electron chi connectivity index (χ4n) is 2.47. The number of hydrogen-bond donors (Lipinski definition) is 1. The molecule has 1 aromatic heterocycles. The Labute approximate surface area is 99.8 Å². The molecule has 0 saturated carbocycles. The highest BCUT2D eigenvalue weighted by atomic mass is 32.1. The van der Waals surface area contributed by atoms with Crippen LogP contribution in [0.1, 0.15) is 18.4 Å². The largest absolute Gasteiger partial charge is 0.317 e. The summed E-state index contributed by atoms with van der Waals surface area (Å²) in [6.45, 7) is 2.37. The smallest absolute Gasteiger partial charge is 0.0550 e. The van der Waals surface area contributed by atoms with E-state index in [1.807, 2.05) is 6.20 Å². The van der Waals surface area contributed by atoms with Gasteiger partial charge in [0.2, 0.25) is 0 Å². The summed E-state index contributed by atoms with van der Waals surface area (Å²) < 4.78 is 5.52. The molecule has 1 aromatic carbocycles. The molecule has 1 saturated heterocycles. The molecule has 0 spiro atoms. The van der Waals surface area contributed by atoms with Gasteiger partial charge >= 0.3 is 0 Å². The first-order chi connectivity index (χ1) is 7.92. The average molecular weight is 232 g/mol. The first-order valence-corrected chi connectivity index (χ1v) is 6.73. The molecule has 1 aliphatic heterocycles. The number of nitrogens with zero attached hydrogens (tertiary/aromatic N) is 1. The molecular weight excluding hydrogens is 216 g/mol. The summed E-state index contributed by atoms with van der Waals surface area (Å²) in [7, 11) is 0. The Morgan fingerprint density at radius 2 is 2.19 bits per heavy atom. The van der Waals surface area contributed by atoms with Crippen molar-refractivity contribution in [3.8, 4) is 0 Å². The van der Waals surface area contributed by atoms with Gasteiger partial charge in [-0.3, -0.25) is 0 Å². The van der Waals surface area contributed by atoms with Gasteiger partial charge in [-0.05, 0) is 67.5 Å². The molecule has 0 unspecified atom stereocenters. The normalized spacial score (nSPS) is 18.0. The molecule has 0 aliphatic carbocycles. The van der Waals surface area contributed by atoms with Crippen molar-refractivity contribution in [2.24, 2.45) is 5.92 Å². The van der Waals surface area contributed by atoms with E-state index in [1.54, 1.807) is 11.5 Å². The second kappa shape index (κ2) is 4.52. The van der Waals surface area contributed by atoms with Gasteiger partial charge in [-0.15, -0.1) is 0 Å². The van der Waals surface area contributed by atoms with Crippen LogP contribution in [0.15, 0.2) is 24.4 Å². The molecule has 0 radical (unpaired) electrons. The van der Waals surface area contributed by atoms with Gasteiger partial charge in [0.1, 0.15) is 0 Å². The highest BCUT2D eigenvalue weighted by molar-refractivity contribution is 7.13. The molecule has 2 heterocycles. The Hall–Kier alpha value is -0.930. The van der Waals surface area contributed by atoms with Crippen molar-refractivity contribution in [3.63, 3.8) is 0 Å². The molecule has 3 rings (SSSR count). The molecule has 3 heteroatoms. The van der Waals surface area contributed by atoms with Gasteiger partial charge in [-0.25, -0.2) is 0 Å². The first kappa shape index (κ1) is 10.2. The lowest BCUT2D eigenvalue weighted by atomic mass is 9.91. The van der Waals surface area contributed by atoms with E-state index in [1.165, 1.54) is 48.0 Å². The standard InChI is InChI=1S/C13H16N2S/c1-2-13-12(9-15-16-13)8-11(1)7-10-3-5-14-6-4-10/h1-2,8-10,14H,3-7H2. The Balaban J connectivity index is 1.77. The summed E-state index contributed by atoms with van der Waals surface area (Å²) in [5, 5.41) is 4.72. The van der Waals surface area contributed by atoms with E-state index in [-0.39, 0.29) is 0 Å². The molecule has 0 atom stereocenters. The van der Waals surface area contributed by atoms with Gasteiger partial charge in [0.25, 0.3) is 0 Å². The number of piperidine rings is 1. The van der Waals surface area contributed by atoms with Crippen LogP contribution in [0.3, 0.4) is 0 Å². The number of rotatable bonds is 2. The highest BCUT2D eigenvalue weighted by Gasteiger charge is 2.13. The monoisotopic (exact) mass is 232 g/mol. The maximum atomic E-state index is 4.22. The average Bonchev–Trinajstić information content (AvgIpc) is 2.77. The molecule has 1 aliphatic rings. The predicted octanol–water partition coefficient (Wildman–Crippen LogP) is 2.84. The zero-order valence-corrected chi connectivity index (χ0v) is 10.1. The SMILES string of the molecule is c1cc2sncc2cc1CC1CCNCC1. The van der Waals surface area contributed by atoms with E-state index in [0.717, 1.165) is 5.92 Å². The Morgan fingerprint density at radius 1 is 1.31 bits per heavy atom. The van der Waals surface area contributed by atoms with Crippen LogP contribution in [0, 0.1) is 5.92 Å². The number of nitrogens with one attached hydrogen (secondary N) is 1. The van der Waals surface area contributed by atoms with Gasteiger partial charge in [0.15, 0.2) is 0 Å². The fraction of sp³-hybridized carbons (Fsp3) is 0.462. The quantitative estimate of drug-likeness (QED) is 0.861. The Morgan fingerprint density at radius 3 is 3.06 bits per heavy atom. The first-order valence-electron chi connectivity index (χ1n) is 5.96. The number of fused-ring (bicyclic) bond motifs is 1. The topological polar surface area (TPSA) is 24.9 Å². The van der Waals surface area contributed by atoms with Crippen molar-refractivity contribution in [2.75, 3.05) is 13.1 Å². The van der Waals surface area contributed by atoms with E-state index in [4.69, 9.17) is 0 Å². The van der Waals surface area contributed by atoms with Crippen molar-refractivity contribution >= 4 is 21.6 Å². The summed E-state index contributed by atoms with van der Waals surface area (Å²) in [5.41, 5.74) is 1.47. The van der Waals surface area contributed by atoms with E-state index >= 15 is 0 Å².